The molecule has 1 aliphatic carbocycles. The second-order valence-electron chi connectivity index (χ2n) is 5.37. The van der Waals surface area contributed by atoms with Gasteiger partial charge in [-0.05, 0) is 30.5 Å². The molecule has 0 unspecified atom stereocenters. The van der Waals surface area contributed by atoms with E-state index in [0.29, 0.717) is 21.2 Å². The van der Waals surface area contributed by atoms with Gasteiger partial charge in [0.1, 0.15) is 5.01 Å². The number of benzene rings is 1. The molecule has 1 saturated heterocycles. The molecule has 114 valence electrons. The van der Waals surface area contributed by atoms with E-state index in [4.69, 9.17) is 0 Å². The van der Waals surface area contributed by atoms with Crippen molar-refractivity contribution in [1.82, 2.24) is 10.2 Å². The minimum absolute atomic E-state index is 0.114. The number of carbonyl (C=O) groups is 1. The van der Waals surface area contributed by atoms with Gasteiger partial charge in [0, 0.05) is 23.0 Å². The number of carbonyl (C=O) groups excluding carboxylic acids is 1. The molecule has 1 amide bonds. The molecule has 2 heterocycles. The Morgan fingerprint density at radius 1 is 1.09 bits per heavy atom. The first kappa shape index (κ1) is 14.5. The van der Waals surface area contributed by atoms with Crippen molar-refractivity contribution < 1.29 is 4.79 Å². The molecule has 1 aromatic carbocycles. The summed E-state index contributed by atoms with van der Waals surface area (Å²) in [4.78, 5) is 12.3. The summed E-state index contributed by atoms with van der Waals surface area (Å²) >= 11 is 5.43. The van der Waals surface area contributed by atoms with Crippen LogP contribution in [0.2, 0.25) is 0 Å². The molecule has 0 radical (unpaired) electrons. The van der Waals surface area contributed by atoms with Gasteiger partial charge in [0.25, 0.3) is 5.91 Å². The standard InChI is InChI=1S/C15H15N3OS3/c19-12(16-15-18-17-13(22-15)10-3-4-10)9-1-5-11(6-2-9)14-20-7-8-21-14/h1-2,5-6,10,14H,3-4,7-8H2,(H,16,18,19). The normalized spacial score (nSPS) is 18.5. The number of thioether (sulfide) groups is 2. The number of anilines is 1. The third-order valence-corrected chi connectivity index (χ3v) is 7.76. The van der Waals surface area contributed by atoms with Crippen LogP contribution in [-0.2, 0) is 0 Å². The van der Waals surface area contributed by atoms with Crippen LogP contribution in [0.15, 0.2) is 24.3 Å². The predicted molar refractivity (Wildman–Crippen MR) is 93.9 cm³/mol. The molecule has 22 heavy (non-hydrogen) atoms. The number of nitrogens with zero attached hydrogens (tertiary/aromatic N) is 2. The number of aromatic nitrogens is 2. The fourth-order valence-electron chi connectivity index (χ4n) is 2.29. The van der Waals surface area contributed by atoms with E-state index in [1.165, 1.54) is 41.2 Å². The number of hydrogen-bond donors (Lipinski definition) is 1. The highest BCUT2D eigenvalue weighted by Crippen LogP contribution is 2.45. The first-order chi connectivity index (χ1) is 10.8. The molecule has 0 atom stereocenters. The van der Waals surface area contributed by atoms with Crippen LogP contribution in [0.4, 0.5) is 5.13 Å². The topological polar surface area (TPSA) is 54.9 Å². The zero-order chi connectivity index (χ0) is 14.9. The SMILES string of the molecule is O=C(Nc1nnc(C2CC2)s1)c1ccc(C2SCCS2)cc1. The summed E-state index contributed by atoms with van der Waals surface area (Å²) in [6.07, 6.45) is 2.39. The molecule has 1 N–H and O–H groups in total. The van der Waals surface area contributed by atoms with Gasteiger partial charge in [-0.25, -0.2) is 0 Å². The molecule has 4 nitrogen and oxygen atoms in total. The van der Waals surface area contributed by atoms with Gasteiger partial charge >= 0.3 is 0 Å². The largest absolute Gasteiger partial charge is 0.296 e. The molecule has 7 heteroatoms. The molecule has 1 saturated carbocycles. The third-order valence-electron chi connectivity index (χ3n) is 3.65. The molecule has 1 aromatic heterocycles. The van der Waals surface area contributed by atoms with E-state index in [9.17, 15) is 4.79 Å². The molecule has 4 rings (SSSR count). The molecular weight excluding hydrogens is 334 g/mol. The van der Waals surface area contributed by atoms with E-state index in [1.54, 1.807) is 0 Å². The maximum absolute atomic E-state index is 12.3. The number of amides is 1. The van der Waals surface area contributed by atoms with Crippen LogP contribution in [0.3, 0.4) is 0 Å². The van der Waals surface area contributed by atoms with Gasteiger partial charge in [0.2, 0.25) is 5.13 Å². The maximum Gasteiger partial charge on any atom is 0.257 e. The van der Waals surface area contributed by atoms with Crippen LogP contribution in [0.5, 0.6) is 0 Å². The smallest absolute Gasteiger partial charge is 0.257 e. The Morgan fingerprint density at radius 3 is 2.50 bits per heavy atom. The first-order valence-corrected chi connectivity index (χ1v) is 10.2. The molecule has 0 bridgehead atoms. The number of hydrogen-bond acceptors (Lipinski definition) is 6. The Hall–Kier alpha value is -1.05. The maximum atomic E-state index is 12.3. The van der Waals surface area contributed by atoms with Gasteiger partial charge < -0.3 is 0 Å². The van der Waals surface area contributed by atoms with Crippen LogP contribution >= 0.6 is 34.9 Å². The average Bonchev–Trinajstić information content (AvgIpc) is 3.06. The molecule has 2 aliphatic rings. The summed E-state index contributed by atoms with van der Waals surface area (Å²) in [5, 5.41) is 12.7. The second kappa shape index (κ2) is 6.22. The zero-order valence-electron chi connectivity index (χ0n) is 11.8. The van der Waals surface area contributed by atoms with E-state index >= 15 is 0 Å². The van der Waals surface area contributed by atoms with Crippen molar-refractivity contribution in [2.75, 3.05) is 16.8 Å². The molecular formula is C15H15N3OS3. The minimum atomic E-state index is -0.114. The summed E-state index contributed by atoms with van der Waals surface area (Å²) in [5.74, 6) is 2.87. The molecule has 1 aliphatic heterocycles. The van der Waals surface area contributed by atoms with Crippen LogP contribution in [0.25, 0.3) is 0 Å². The van der Waals surface area contributed by atoms with Crippen molar-refractivity contribution in [3.63, 3.8) is 0 Å². The van der Waals surface area contributed by atoms with Gasteiger partial charge in [-0.3, -0.25) is 10.1 Å². The molecule has 0 spiro atoms. The Balaban J connectivity index is 1.42. The van der Waals surface area contributed by atoms with Gasteiger partial charge in [0.15, 0.2) is 0 Å². The quantitative estimate of drug-likeness (QED) is 0.899. The Kier molecular flexibility index (Phi) is 4.11. The fraction of sp³-hybridized carbons (Fsp3) is 0.400. The Morgan fingerprint density at radius 2 is 1.82 bits per heavy atom. The van der Waals surface area contributed by atoms with Crippen molar-refractivity contribution >= 4 is 45.9 Å². The van der Waals surface area contributed by atoms with E-state index in [0.717, 1.165) is 5.01 Å². The van der Waals surface area contributed by atoms with Gasteiger partial charge in [0.05, 0.1) is 4.58 Å². The van der Waals surface area contributed by atoms with Crippen LogP contribution < -0.4 is 5.32 Å². The van der Waals surface area contributed by atoms with Crippen molar-refractivity contribution in [1.29, 1.82) is 0 Å². The lowest BCUT2D eigenvalue weighted by Crippen LogP contribution is -2.11. The summed E-state index contributed by atoms with van der Waals surface area (Å²) in [5.41, 5.74) is 1.95. The van der Waals surface area contributed by atoms with Gasteiger partial charge in [-0.2, -0.15) is 0 Å². The third kappa shape index (κ3) is 3.16. The van der Waals surface area contributed by atoms with Crippen molar-refractivity contribution in [2.24, 2.45) is 0 Å². The van der Waals surface area contributed by atoms with Gasteiger partial charge in [-0.15, -0.1) is 33.7 Å². The molecule has 2 fully saturated rings. The number of nitrogens with one attached hydrogen (secondary N) is 1. The Bertz CT molecular complexity index is 676. The minimum Gasteiger partial charge on any atom is -0.296 e. The lowest BCUT2D eigenvalue weighted by Gasteiger charge is -2.08. The lowest BCUT2D eigenvalue weighted by molar-refractivity contribution is 0.102. The second-order valence-corrected chi connectivity index (χ2v) is 9.10. The van der Waals surface area contributed by atoms with E-state index in [1.807, 2.05) is 35.7 Å². The summed E-state index contributed by atoms with van der Waals surface area (Å²) in [6.45, 7) is 0. The summed E-state index contributed by atoms with van der Waals surface area (Å²) in [6, 6.07) is 7.90. The monoisotopic (exact) mass is 349 g/mol. The highest BCUT2D eigenvalue weighted by atomic mass is 32.2. The first-order valence-electron chi connectivity index (χ1n) is 7.27. The predicted octanol–water partition coefficient (Wildman–Crippen LogP) is 4.15. The summed E-state index contributed by atoms with van der Waals surface area (Å²) in [7, 11) is 0. The van der Waals surface area contributed by atoms with E-state index < -0.39 is 0 Å². The zero-order valence-corrected chi connectivity index (χ0v) is 14.3. The van der Waals surface area contributed by atoms with Crippen LogP contribution in [0.1, 0.15) is 44.3 Å². The fourth-order valence-corrected chi connectivity index (χ4v) is 6.06. The van der Waals surface area contributed by atoms with Gasteiger partial charge in [-0.1, -0.05) is 23.5 Å². The lowest BCUT2D eigenvalue weighted by atomic mass is 10.1. The van der Waals surface area contributed by atoms with Crippen molar-refractivity contribution in [3.05, 3.63) is 40.4 Å². The highest BCUT2D eigenvalue weighted by molar-refractivity contribution is 8.19. The van der Waals surface area contributed by atoms with Crippen LogP contribution in [0, 0.1) is 0 Å². The van der Waals surface area contributed by atoms with E-state index in [2.05, 4.69) is 27.6 Å². The number of rotatable bonds is 4. The van der Waals surface area contributed by atoms with Crippen molar-refractivity contribution in [3.8, 4) is 0 Å². The molecule has 2 aromatic rings. The van der Waals surface area contributed by atoms with Crippen LogP contribution in [-0.4, -0.2) is 27.6 Å². The summed E-state index contributed by atoms with van der Waals surface area (Å²) < 4.78 is 0.515. The van der Waals surface area contributed by atoms with E-state index in [-0.39, 0.29) is 5.91 Å². The highest BCUT2D eigenvalue weighted by Gasteiger charge is 2.27. The average molecular weight is 350 g/mol. The Labute approximate surface area is 141 Å². The van der Waals surface area contributed by atoms with Crippen molar-refractivity contribution in [2.45, 2.75) is 23.3 Å².